The molecule has 0 aliphatic heterocycles. The van der Waals surface area contributed by atoms with Gasteiger partial charge in [-0.2, -0.15) is 10.4 Å². The molecule has 4 nitrogen and oxygen atoms in total. The zero-order valence-corrected chi connectivity index (χ0v) is 10.3. The van der Waals surface area contributed by atoms with Crippen LogP contribution in [0.1, 0.15) is 16.8 Å². The van der Waals surface area contributed by atoms with Crippen molar-refractivity contribution in [2.45, 2.75) is 13.0 Å². The first kappa shape index (κ1) is 12.8. The van der Waals surface area contributed by atoms with E-state index in [1.807, 2.05) is 0 Å². The van der Waals surface area contributed by atoms with Crippen molar-refractivity contribution in [1.82, 2.24) is 9.78 Å². The molecule has 0 saturated carbocycles. The normalized spacial score (nSPS) is 10.1. The van der Waals surface area contributed by atoms with E-state index in [9.17, 15) is 4.39 Å². The van der Waals surface area contributed by atoms with Gasteiger partial charge in [-0.3, -0.25) is 0 Å². The Balaban J connectivity index is 2.34. The van der Waals surface area contributed by atoms with Crippen molar-refractivity contribution in [2.24, 2.45) is 0 Å². The highest BCUT2D eigenvalue weighted by molar-refractivity contribution is 5.53. The fraction of sp³-hybridized carbons (Fsp3) is 0.143. The Morgan fingerprint density at radius 3 is 2.68 bits per heavy atom. The Morgan fingerprint density at radius 2 is 2.11 bits per heavy atom. The molecule has 1 heterocycles. The van der Waals surface area contributed by atoms with E-state index in [2.05, 4.69) is 17.7 Å². The van der Waals surface area contributed by atoms with Crippen LogP contribution >= 0.6 is 0 Å². The number of hydrogen-bond acceptors (Lipinski definition) is 3. The van der Waals surface area contributed by atoms with Gasteiger partial charge in [-0.1, -0.05) is 18.2 Å². The van der Waals surface area contributed by atoms with E-state index in [0.29, 0.717) is 30.0 Å². The van der Waals surface area contributed by atoms with E-state index >= 15 is 0 Å². The molecule has 0 fully saturated rings. The number of nitrogens with zero attached hydrogens (tertiary/aromatic N) is 3. The van der Waals surface area contributed by atoms with E-state index in [4.69, 9.17) is 11.0 Å². The summed E-state index contributed by atoms with van der Waals surface area (Å²) < 4.78 is 14.4. The first-order valence-electron chi connectivity index (χ1n) is 5.76. The van der Waals surface area contributed by atoms with Crippen molar-refractivity contribution in [3.63, 3.8) is 0 Å². The molecule has 19 heavy (non-hydrogen) atoms. The van der Waals surface area contributed by atoms with E-state index in [1.165, 1.54) is 16.8 Å². The lowest BCUT2D eigenvalue weighted by Gasteiger charge is -1.98. The molecular weight excluding hydrogens is 243 g/mol. The maximum Gasteiger partial charge on any atom is 0.140 e. The van der Waals surface area contributed by atoms with Crippen molar-refractivity contribution in [3.05, 3.63) is 59.6 Å². The number of aromatic nitrogens is 2. The third-order valence-corrected chi connectivity index (χ3v) is 2.76. The van der Waals surface area contributed by atoms with Gasteiger partial charge in [0.05, 0.1) is 12.2 Å². The van der Waals surface area contributed by atoms with Gasteiger partial charge in [-0.25, -0.2) is 9.07 Å². The average Bonchev–Trinajstić information content (AvgIpc) is 2.69. The van der Waals surface area contributed by atoms with Crippen LogP contribution < -0.4 is 5.73 Å². The van der Waals surface area contributed by atoms with E-state index in [0.717, 1.165) is 5.56 Å². The number of nitrogens with two attached hydrogens (primary N) is 1. The van der Waals surface area contributed by atoms with Crippen LogP contribution in [0.25, 0.3) is 0 Å². The summed E-state index contributed by atoms with van der Waals surface area (Å²) in [5, 5.41) is 13.4. The number of nitriles is 1. The van der Waals surface area contributed by atoms with Crippen LogP contribution in [0.2, 0.25) is 0 Å². The standard InChI is InChI=1S/C14H13FN4/c1-2-7-19-14(17)12(9-16)13(18-19)8-10-3-5-11(15)6-4-10/h2-6H,1,7-8,17H2. The minimum absolute atomic E-state index is 0.291. The van der Waals surface area contributed by atoms with Gasteiger partial charge in [-0.05, 0) is 17.7 Å². The number of anilines is 1. The summed E-state index contributed by atoms with van der Waals surface area (Å²) in [6.07, 6.45) is 2.10. The predicted octanol–water partition coefficient (Wildman–Crippen LogP) is 2.25. The highest BCUT2D eigenvalue weighted by Gasteiger charge is 2.14. The summed E-state index contributed by atoms with van der Waals surface area (Å²) in [5.41, 5.74) is 7.68. The van der Waals surface area contributed by atoms with E-state index in [1.54, 1.807) is 18.2 Å². The van der Waals surface area contributed by atoms with Crippen molar-refractivity contribution >= 4 is 5.82 Å². The molecule has 0 aliphatic carbocycles. The second-order valence-corrected chi connectivity index (χ2v) is 4.09. The van der Waals surface area contributed by atoms with Crippen LogP contribution in [0.15, 0.2) is 36.9 Å². The van der Waals surface area contributed by atoms with Crippen LogP contribution in [-0.2, 0) is 13.0 Å². The molecule has 1 aromatic carbocycles. The molecule has 0 bridgehead atoms. The maximum atomic E-state index is 12.8. The van der Waals surface area contributed by atoms with Crippen molar-refractivity contribution < 1.29 is 4.39 Å². The molecule has 0 saturated heterocycles. The molecule has 1 aromatic heterocycles. The van der Waals surface area contributed by atoms with E-state index < -0.39 is 0 Å². The first-order valence-corrected chi connectivity index (χ1v) is 5.76. The van der Waals surface area contributed by atoms with Crippen molar-refractivity contribution in [3.8, 4) is 6.07 Å². The predicted molar refractivity (Wildman–Crippen MR) is 70.8 cm³/mol. The molecule has 2 N–H and O–H groups in total. The molecule has 0 unspecified atom stereocenters. The Hall–Kier alpha value is -2.61. The van der Waals surface area contributed by atoms with Crippen LogP contribution in [0.4, 0.5) is 10.2 Å². The molecule has 0 amide bonds. The van der Waals surface area contributed by atoms with Crippen LogP contribution in [0, 0.1) is 17.1 Å². The van der Waals surface area contributed by atoms with Gasteiger partial charge in [0.25, 0.3) is 0 Å². The molecule has 2 rings (SSSR count). The van der Waals surface area contributed by atoms with Gasteiger partial charge in [0, 0.05) is 6.42 Å². The molecule has 96 valence electrons. The molecule has 2 aromatic rings. The van der Waals surface area contributed by atoms with Crippen LogP contribution in [0.3, 0.4) is 0 Å². The van der Waals surface area contributed by atoms with Crippen molar-refractivity contribution in [1.29, 1.82) is 5.26 Å². The number of benzene rings is 1. The number of rotatable bonds is 4. The number of allylic oxidation sites excluding steroid dienone is 1. The van der Waals surface area contributed by atoms with E-state index in [-0.39, 0.29) is 5.82 Å². The fourth-order valence-corrected chi connectivity index (χ4v) is 1.83. The Labute approximate surface area is 110 Å². The van der Waals surface area contributed by atoms with Gasteiger partial charge >= 0.3 is 0 Å². The van der Waals surface area contributed by atoms with Crippen LogP contribution in [-0.4, -0.2) is 9.78 Å². The van der Waals surface area contributed by atoms with Gasteiger partial charge in [0.2, 0.25) is 0 Å². The second kappa shape index (κ2) is 5.36. The first-order chi connectivity index (χ1) is 9.15. The highest BCUT2D eigenvalue weighted by atomic mass is 19.1. The Morgan fingerprint density at radius 1 is 1.42 bits per heavy atom. The van der Waals surface area contributed by atoms with Gasteiger partial charge in [-0.15, -0.1) is 6.58 Å². The van der Waals surface area contributed by atoms with Gasteiger partial charge in [0.15, 0.2) is 0 Å². The zero-order chi connectivity index (χ0) is 13.8. The summed E-state index contributed by atoms with van der Waals surface area (Å²) in [6.45, 7) is 4.06. The number of halogens is 1. The second-order valence-electron chi connectivity index (χ2n) is 4.09. The third-order valence-electron chi connectivity index (χ3n) is 2.76. The van der Waals surface area contributed by atoms with Crippen molar-refractivity contribution in [2.75, 3.05) is 5.73 Å². The lowest BCUT2D eigenvalue weighted by molar-refractivity contribution is 0.627. The fourth-order valence-electron chi connectivity index (χ4n) is 1.83. The molecule has 5 heteroatoms. The summed E-state index contributed by atoms with van der Waals surface area (Å²) in [7, 11) is 0. The highest BCUT2D eigenvalue weighted by Crippen LogP contribution is 2.19. The number of nitrogen functional groups attached to an aromatic ring is 1. The summed E-state index contributed by atoms with van der Waals surface area (Å²) in [6, 6.07) is 8.15. The summed E-state index contributed by atoms with van der Waals surface area (Å²) >= 11 is 0. The number of hydrogen-bond donors (Lipinski definition) is 1. The molecular formula is C14H13FN4. The minimum Gasteiger partial charge on any atom is -0.383 e. The smallest absolute Gasteiger partial charge is 0.140 e. The monoisotopic (exact) mass is 256 g/mol. The van der Waals surface area contributed by atoms with Gasteiger partial charge < -0.3 is 5.73 Å². The largest absolute Gasteiger partial charge is 0.383 e. The van der Waals surface area contributed by atoms with Gasteiger partial charge in [0.1, 0.15) is 23.3 Å². The molecule has 0 aliphatic rings. The zero-order valence-electron chi connectivity index (χ0n) is 10.3. The Bertz CT molecular complexity index is 635. The molecule has 0 spiro atoms. The quantitative estimate of drug-likeness (QED) is 0.853. The SMILES string of the molecule is C=CCn1nc(Cc2ccc(F)cc2)c(C#N)c1N. The minimum atomic E-state index is -0.291. The third kappa shape index (κ3) is 2.63. The lowest BCUT2D eigenvalue weighted by atomic mass is 10.1. The maximum absolute atomic E-state index is 12.8. The summed E-state index contributed by atoms with van der Waals surface area (Å²) in [5.74, 6) is 0.0421. The molecule has 0 atom stereocenters. The summed E-state index contributed by atoms with van der Waals surface area (Å²) in [4.78, 5) is 0. The lowest BCUT2D eigenvalue weighted by Crippen LogP contribution is -2.03. The Kier molecular flexibility index (Phi) is 3.62. The van der Waals surface area contributed by atoms with Crippen LogP contribution in [0.5, 0.6) is 0 Å². The average molecular weight is 256 g/mol. The topological polar surface area (TPSA) is 67.6 Å². The molecule has 0 radical (unpaired) electrons.